The summed E-state index contributed by atoms with van der Waals surface area (Å²) in [5.41, 5.74) is 2.43. The minimum atomic E-state index is -2.09. The predicted octanol–water partition coefficient (Wildman–Crippen LogP) is 3.78. The van der Waals surface area contributed by atoms with Gasteiger partial charge in [-0.05, 0) is 61.4 Å². The monoisotopic (exact) mass is 461 g/mol. The van der Waals surface area contributed by atoms with Gasteiger partial charge in [0.15, 0.2) is 0 Å². The summed E-state index contributed by atoms with van der Waals surface area (Å²) in [5, 5.41) is 12.3. The lowest BCUT2D eigenvalue weighted by molar-refractivity contribution is -0.157. The van der Waals surface area contributed by atoms with Crippen LogP contribution in [0.1, 0.15) is 31.8 Å². The highest BCUT2D eigenvalue weighted by Crippen LogP contribution is 2.18. The number of esters is 2. The van der Waals surface area contributed by atoms with Gasteiger partial charge in [-0.25, -0.2) is 14.4 Å². The number of carbonyl (C=O) groups is 4. The molecule has 3 rings (SSSR count). The van der Waals surface area contributed by atoms with Crippen molar-refractivity contribution in [2.75, 3.05) is 5.32 Å². The molecule has 0 fully saturated rings. The Morgan fingerprint density at radius 3 is 1.68 bits per heavy atom. The Bertz CT molecular complexity index is 1190. The Labute approximate surface area is 196 Å². The first-order valence-corrected chi connectivity index (χ1v) is 10.4. The van der Waals surface area contributed by atoms with Crippen molar-refractivity contribution in [3.8, 4) is 0 Å². The van der Waals surface area contributed by atoms with Crippen molar-refractivity contribution < 1.29 is 33.8 Å². The molecule has 0 heterocycles. The molecule has 0 saturated carbocycles. The molecule has 0 bridgehead atoms. The highest BCUT2D eigenvalue weighted by atomic mass is 16.6. The van der Waals surface area contributed by atoms with E-state index >= 15 is 0 Å². The van der Waals surface area contributed by atoms with Crippen LogP contribution >= 0.6 is 0 Å². The Balaban J connectivity index is 1.91. The Kier molecular flexibility index (Phi) is 7.76. The van der Waals surface area contributed by atoms with Crippen LogP contribution in [0.5, 0.6) is 0 Å². The lowest BCUT2D eigenvalue weighted by atomic mass is 10.1. The standard InChI is InChI=1S/C26H23NO7/c1-16-13-14-20(15-17(16)2)27-23(28)21(33-25(31)18-9-5-3-6-10-18)22(24(29)30)34-26(32)19-11-7-4-8-12-19/h3-15,21-22H,1-2H3,(H,27,28)(H,29,30)/t21-,22-/m1/s1. The summed E-state index contributed by atoms with van der Waals surface area (Å²) in [7, 11) is 0. The number of hydrogen-bond donors (Lipinski definition) is 2. The van der Waals surface area contributed by atoms with E-state index in [1.165, 1.54) is 24.3 Å². The number of carboxylic acid groups (broad SMARTS) is 1. The first kappa shape index (κ1) is 24.2. The van der Waals surface area contributed by atoms with Crippen molar-refractivity contribution in [3.63, 3.8) is 0 Å². The number of rotatable bonds is 8. The van der Waals surface area contributed by atoms with Crippen LogP contribution in [0.25, 0.3) is 0 Å². The van der Waals surface area contributed by atoms with Gasteiger partial charge in [0.05, 0.1) is 11.1 Å². The topological polar surface area (TPSA) is 119 Å². The van der Waals surface area contributed by atoms with Crippen molar-refractivity contribution in [1.29, 1.82) is 0 Å². The first-order chi connectivity index (χ1) is 16.3. The summed E-state index contributed by atoms with van der Waals surface area (Å²) < 4.78 is 10.4. The van der Waals surface area contributed by atoms with Gasteiger partial charge < -0.3 is 19.9 Å². The zero-order chi connectivity index (χ0) is 24.7. The second-order valence-electron chi connectivity index (χ2n) is 7.51. The summed E-state index contributed by atoms with van der Waals surface area (Å²) in [6, 6.07) is 20.5. The number of aryl methyl sites for hydroxylation is 2. The van der Waals surface area contributed by atoms with E-state index < -0.39 is 36.0 Å². The van der Waals surface area contributed by atoms with Crippen LogP contribution in [0.2, 0.25) is 0 Å². The van der Waals surface area contributed by atoms with Crippen molar-refractivity contribution in [3.05, 3.63) is 101 Å². The molecule has 0 aliphatic heterocycles. The molecule has 0 aromatic heterocycles. The third-order valence-corrected chi connectivity index (χ3v) is 5.04. The minimum Gasteiger partial charge on any atom is -0.478 e. The fourth-order valence-corrected chi connectivity index (χ4v) is 3.04. The predicted molar refractivity (Wildman–Crippen MR) is 123 cm³/mol. The molecule has 0 unspecified atom stereocenters. The van der Waals surface area contributed by atoms with Gasteiger partial charge in [-0.2, -0.15) is 0 Å². The molecule has 0 aliphatic carbocycles. The number of ether oxygens (including phenoxy) is 2. The number of aliphatic carboxylic acids is 1. The van der Waals surface area contributed by atoms with Gasteiger partial charge in [-0.15, -0.1) is 0 Å². The van der Waals surface area contributed by atoms with Gasteiger partial charge in [-0.1, -0.05) is 42.5 Å². The molecule has 0 aliphatic rings. The van der Waals surface area contributed by atoms with E-state index in [4.69, 9.17) is 9.47 Å². The second-order valence-corrected chi connectivity index (χ2v) is 7.51. The average molecular weight is 461 g/mol. The van der Waals surface area contributed by atoms with E-state index in [9.17, 15) is 24.3 Å². The molecule has 2 atom stereocenters. The van der Waals surface area contributed by atoms with Gasteiger partial charge >= 0.3 is 17.9 Å². The van der Waals surface area contributed by atoms with Gasteiger partial charge in [0, 0.05) is 5.69 Å². The number of benzene rings is 3. The van der Waals surface area contributed by atoms with Gasteiger partial charge in [-0.3, -0.25) is 4.79 Å². The third-order valence-electron chi connectivity index (χ3n) is 5.04. The second kappa shape index (κ2) is 10.9. The zero-order valence-electron chi connectivity index (χ0n) is 18.6. The first-order valence-electron chi connectivity index (χ1n) is 10.4. The Morgan fingerprint density at radius 1 is 0.706 bits per heavy atom. The van der Waals surface area contributed by atoms with Crippen molar-refractivity contribution in [1.82, 2.24) is 0 Å². The van der Waals surface area contributed by atoms with E-state index in [-0.39, 0.29) is 11.1 Å². The van der Waals surface area contributed by atoms with E-state index in [1.807, 2.05) is 13.8 Å². The van der Waals surface area contributed by atoms with Gasteiger partial charge in [0.2, 0.25) is 12.2 Å². The maximum absolute atomic E-state index is 13.1. The van der Waals surface area contributed by atoms with Crippen LogP contribution in [0.4, 0.5) is 5.69 Å². The van der Waals surface area contributed by atoms with Crippen molar-refractivity contribution in [2.45, 2.75) is 26.1 Å². The van der Waals surface area contributed by atoms with Crippen LogP contribution in [0.3, 0.4) is 0 Å². The summed E-state index contributed by atoms with van der Waals surface area (Å²) >= 11 is 0. The molecule has 3 aromatic rings. The fourth-order valence-electron chi connectivity index (χ4n) is 3.04. The lowest BCUT2D eigenvalue weighted by Crippen LogP contribution is -2.48. The minimum absolute atomic E-state index is 0.0800. The average Bonchev–Trinajstić information content (AvgIpc) is 2.84. The normalized spacial score (nSPS) is 12.2. The van der Waals surface area contributed by atoms with Crippen LogP contribution in [-0.2, 0) is 19.1 Å². The molecule has 0 radical (unpaired) electrons. The van der Waals surface area contributed by atoms with Gasteiger partial charge in [0.25, 0.3) is 5.91 Å². The molecule has 3 aromatic carbocycles. The van der Waals surface area contributed by atoms with E-state index in [0.29, 0.717) is 5.69 Å². The molecular formula is C26H23NO7. The van der Waals surface area contributed by atoms with Crippen molar-refractivity contribution in [2.24, 2.45) is 0 Å². The van der Waals surface area contributed by atoms with E-state index in [0.717, 1.165) is 11.1 Å². The summed E-state index contributed by atoms with van der Waals surface area (Å²) in [4.78, 5) is 50.3. The maximum Gasteiger partial charge on any atom is 0.349 e. The Morgan fingerprint density at radius 2 is 1.21 bits per heavy atom. The largest absolute Gasteiger partial charge is 0.478 e. The van der Waals surface area contributed by atoms with E-state index in [1.54, 1.807) is 54.6 Å². The molecule has 174 valence electrons. The highest BCUT2D eigenvalue weighted by Gasteiger charge is 2.41. The third kappa shape index (κ3) is 6.07. The summed E-state index contributed by atoms with van der Waals surface area (Å²) in [6.45, 7) is 3.74. The van der Waals surface area contributed by atoms with Crippen molar-refractivity contribution >= 4 is 29.5 Å². The van der Waals surface area contributed by atoms with E-state index in [2.05, 4.69) is 5.32 Å². The molecule has 0 saturated heterocycles. The van der Waals surface area contributed by atoms with Crippen LogP contribution in [0.15, 0.2) is 78.9 Å². The summed E-state index contributed by atoms with van der Waals surface area (Å²) in [6.07, 6.45) is -4.05. The summed E-state index contributed by atoms with van der Waals surface area (Å²) in [5.74, 6) is -4.53. The molecule has 2 N–H and O–H groups in total. The number of amides is 1. The maximum atomic E-state index is 13.1. The van der Waals surface area contributed by atoms with Crippen LogP contribution in [0, 0.1) is 13.8 Å². The number of hydrogen-bond acceptors (Lipinski definition) is 6. The molecule has 0 spiro atoms. The molecular weight excluding hydrogens is 438 g/mol. The van der Waals surface area contributed by atoms with Crippen LogP contribution < -0.4 is 5.32 Å². The highest BCUT2D eigenvalue weighted by molar-refractivity contribution is 6.01. The number of anilines is 1. The Hall–Kier alpha value is -4.46. The van der Waals surface area contributed by atoms with Crippen LogP contribution in [-0.4, -0.2) is 41.1 Å². The SMILES string of the molecule is Cc1ccc(NC(=O)[C@H](OC(=O)c2ccccc2)[C@@H](OC(=O)c2ccccc2)C(=O)O)cc1C. The number of carboxylic acids is 1. The smallest absolute Gasteiger partial charge is 0.349 e. The molecule has 8 nitrogen and oxygen atoms in total. The zero-order valence-corrected chi connectivity index (χ0v) is 18.6. The fraction of sp³-hybridized carbons (Fsp3) is 0.154. The quantitative estimate of drug-likeness (QED) is 0.490. The lowest BCUT2D eigenvalue weighted by Gasteiger charge is -2.23. The number of nitrogens with one attached hydrogen (secondary N) is 1. The number of carbonyl (C=O) groups excluding carboxylic acids is 3. The van der Waals surface area contributed by atoms with Gasteiger partial charge in [0.1, 0.15) is 0 Å². The molecule has 1 amide bonds. The molecule has 8 heteroatoms. The molecule has 34 heavy (non-hydrogen) atoms.